The van der Waals surface area contributed by atoms with Gasteiger partial charge in [-0.05, 0) is 18.6 Å². The van der Waals surface area contributed by atoms with Crippen LogP contribution in [0.1, 0.15) is 23.7 Å². The molecule has 0 aliphatic heterocycles. The lowest BCUT2D eigenvalue weighted by Gasteiger charge is -2.10. The molecule has 6 heteroatoms. The lowest BCUT2D eigenvalue weighted by molar-refractivity contribution is 0.0694. The lowest BCUT2D eigenvalue weighted by Crippen LogP contribution is -2.18. The Labute approximate surface area is 115 Å². The number of rotatable bonds is 5. The Kier molecular flexibility index (Phi) is 4.14. The summed E-state index contributed by atoms with van der Waals surface area (Å²) in [4.78, 5) is 28.9. The number of aromatic nitrogens is 2. The van der Waals surface area contributed by atoms with E-state index in [2.05, 4.69) is 9.97 Å². The quantitative estimate of drug-likeness (QED) is 0.869. The summed E-state index contributed by atoms with van der Waals surface area (Å²) in [6, 6.07) is 7.14. The third kappa shape index (κ3) is 2.85. The normalized spacial score (nSPS) is 10.2. The van der Waals surface area contributed by atoms with Gasteiger partial charge in [0, 0.05) is 6.20 Å². The fraction of sp³-hybridized carbons (Fsp3) is 0.214. The summed E-state index contributed by atoms with van der Waals surface area (Å²) in [5, 5.41) is 8.81. The Hall–Kier alpha value is -2.63. The predicted octanol–water partition coefficient (Wildman–Crippen LogP) is 1.92. The second-order valence-electron chi connectivity index (χ2n) is 4.12. The molecular weight excluding hydrogens is 260 g/mol. The average molecular weight is 274 g/mol. The van der Waals surface area contributed by atoms with Crippen LogP contribution in [0.2, 0.25) is 0 Å². The number of aromatic carboxylic acids is 1. The smallest absolute Gasteiger partial charge is 0.342 e. The first-order valence-corrected chi connectivity index (χ1v) is 6.18. The van der Waals surface area contributed by atoms with Gasteiger partial charge in [0.1, 0.15) is 17.1 Å². The maximum Gasteiger partial charge on any atom is 0.342 e. The maximum absolute atomic E-state index is 11.7. The summed E-state index contributed by atoms with van der Waals surface area (Å²) >= 11 is 0. The molecule has 0 unspecified atom stereocenters. The van der Waals surface area contributed by atoms with E-state index in [0.717, 1.165) is 12.6 Å². The van der Waals surface area contributed by atoms with Crippen molar-refractivity contribution < 1.29 is 14.6 Å². The molecule has 0 radical (unpaired) electrons. The van der Waals surface area contributed by atoms with Crippen LogP contribution in [-0.2, 0) is 0 Å². The van der Waals surface area contributed by atoms with E-state index >= 15 is 0 Å². The molecule has 2 rings (SSSR count). The molecule has 0 atom stereocenters. The van der Waals surface area contributed by atoms with E-state index in [1.165, 1.54) is 0 Å². The third-order valence-corrected chi connectivity index (χ3v) is 2.63. The Balaban J connectivity index is 2.44. The van der Waals surface area contributed by atoms with Gasteiger partial charge in [-0.25, -0.2) is 9.78 Å². The monoisotopic (exact) mass is 274 g/mol. The molecule has 0 saturated carbocycles. The van der Waals surface area contributed by atoms with Crippen LogP contribution >= 0.6 is 0 Å². The highest BCUT2D eigenvalue weighted by atomic mass is 16.5. The van der Waals surface area contributed by atoms with Crippen LogP contribution in [-0.4, -0.2) is 27.7 Å². The van der Waals surface area contributed by atoms with Crippen LogP contribution in [0.5, 0.6) is 5.75 Å². The molecular formula is C14H14N2O4. The minimum absolute atomic E-state index is 0.284. The first-order chi connectivity index (χ1) is 9.63. The Morgan fingerprint density at radius 1 is 1.40 bits per heavy atom. The first kappa shape index (κ1) is 13.8. The van der Waals surface area contributed by atoms with Gasteiger partial charge in [-0.15, -0.1) is 0 Å². The van der Waals surface area contributed by atoms with Crippen molar-refractivity contribution in [1.29, 1.82) is 0 Å². The summed E-state index contributed by atoms with van der Waals surface area (Å²) in [5.74, 6) is -0.423. The van der Waals surface area contributed by atoms with Crippen LogP contribution in [0.15, 0.2) is 35.3 Å². The molecule has 0 fully saturated rings. The van der Waals surface area contributed by atoms with E-state index in [1.54, 1.807) is 18.2 Å². The number of aromatic amines is 1. The SMILES string of the molecule is CCCOc1ccccc1-c1ncc(C(=O)O)c(=O)[nH]1. The van der Waals surface area contributed by atoms with Crippen LogP contribution < -0.4 is 10.3 Å². The zero-order valence-electron chi connectivity index (χ0n) is 10.9. The first-order valence-electron chi connectivity index (χ1n) is 6.18. The Bertz CT molecular complexity index is 679. The van der Waals surface area contributed by atoms with E-state index in [-0.39, 0.29) is 11.4 Å². The molecule has 6 nitrogen and oxygen atoms in total. The molecule has 104 valence electrons. The highest BCUT2D eigenvalue weighted by Crippen LogP contribution is 2.26. The van der Waals surface area contributed by atoms with Crippen molar-refractivity contribution in [2.45, 2.75) is 13.3 Å². The standard InChI is InChI=1S/C14H14N2O4/c1-2-7-20-11-6-4-3-5-9(11)12-15-8-10(14(18)19)13(17)16-12/h3-6,8H,2,7H2,1H3,(H,18,19)(H,15,16,17). The molecule has 1 heterocycles. The third-order valence-electron chi connectivity index (χ3n) is 2.63. The van der Waals surface area contributed by atoms with Crippen molar-refractivity contribution in [2.24, 2.45) is 0 Å². The van der Waals surface area contributed by atoms with Crippen molar-refractivity contribution in [2.75, 3.05) is 6.61 Å². The fourth-order valence-corrected chi connectivity index (χ4v) is 1.68. The number of para-hydroxylation sites is 1. The van der Waals surface area contributed by atoms with Gasteiger partial charge in [0.15, 0.2) is 0 Å². The van der Waals surface area contributed by atoms with Crippen LogP contribution in [0.4, 0.5) is 0 Å². The topological polar surface area (TPSA) is 92.3 Å². The molecule has 2 N–H and O–H groups in total. The maximum atomic E-state index is 11.7. The van der Waals surface area contributed by atoms with E-state index in [9.17, 15) is 9.59 Å². The molecule has 0 aliphatic carbocycles. The molecule has 0 spiro atoms. The number of nitrogens with zero attached hydrogens (tertiary/aromatic N) is 1. The van der Waals surface area contributed by atoms with Crippen molar-refractivity contribution >= 4 is 5.97 Å². The van der Waals surface area contributed by atoms with E-state index in [4.69, 9.17) is 9.84 Å². The Morgan fingerprint density at radius 2 is 2.15 bits per heavy atom. The van der Waals surface area contributed by atoms with Crippen molar-refractivity contribution in [3.8, 4) is 17.1 Å². The van der Waals surface area contributed by atoms with Gasteiger partial charge in [-0.3, -0.25) is 4.79 Å². The van der Waals surface area contributed by atoms with Crippen molar-refractivity contribution in [3.63, 3.8) is 0 Å². The second kappa shape index (κ2) is 6.01. The molecule has 1 aromatic heterocycles. The summed E-state index contributed by atoms with van der Waals surface area (Å²) in [6.45, 7) is 2.54. The molecule has 0 bridgehead atoms. The van der Waals surface area contributed by atoms with Crippen molar-refractivity contribution in [1.82, 2.24) is 9.97 Å². The van der Waals surface area contributed by atoms with Gasteiger partial charge in [0.25, 0.3) is 5.56 Å². The Morgan fingerprint density at radius 3 is 2.80 bits per heavy atom. The number of H-pyrrole nitrogens is 1. The van der Waals surface area contributed by atoms with Gasteiger partial charge in [-0.2, -0.15) is 0 Å². The lowest BCUT2D eigenvalue weighted by atomic mass is 10.2. The number of carboxylic acids is 1. The van der Waals surface area contributed by atoms with E-state index < -0.39 is 11.5 Å². The number of nitrogens with one attached hydrogen (secondary N) is 1. The summed E-state index contributed by atoms with van der Waals surface area (Å²) in [6.07, 6.45) is 1.91. The van der Waals surface area contributed by atoms with Gasteiger partial charge >= 0.3 is 5.97 Å². The van der Waals surface area contributed by atoms with Crippen molar-refractivity contribution in [3.05, 3.63) is 46.4 Å². The number of benzene rings is 1. The highest BCUT2D eigenvalue weighted by Gasteiger charge is 2.13. The molecule has 1 aromatic carbocycles. The fourth-order valence-electron chi connectivity index (χ4n) is 1.68. The van der Waals surface area contributed by atoms with Crippen LogP contribution in [0.25, 0.3) is 11.4 Å². The molecule has 0 saturated heterocycles. The number of ether oxygens (including phenoxy) is 1. The minimum atomic E-state index is -1.30. The summed E-state index contributed by atoms with van der Waals surface area (Å²) < 4.78 is 5.58. The van der Waals surface area contributed by atoms with Crippen LogP contribution in [0, 0.1) is 0 Å². The summed E-state index contributed by atoms with van der Waals surface area (Å²) in [7, 11) is 0. The highest BCUT2D eigenvalue weighted by molar-refractivity contribution is 5.86. The predicted molar refractivity (Wildman–Crippen MR) is 73.0 cm³/mol. The van der Waals surface area contributed by atoms with Gasteiger partial charge in [-0.1, -0.05) is 19.1 Å². The van der Waals surface area contributed by atoms with E-state index in [1.807, 2.05) is 13.0 Å². The van der Waals surface area contributed by atoms with Gasteiger partial charge in [0.2, 0.25) is 0 Å². The van der Waals surface area contributed by atoms with E-state index in [0.29, 0.717) is 17.9 Å². The zero-order chi connectivity index (χ0) is 14.5. The second-order valence-corrected chi connectivity index (χ2v) is 4.12. The minimum Gasteiger partial charge on any atom is -0.493 e. The average Bonchev–Trinajstić information content (AvgIpc) is 2.45. The number of hydrogen-bond acceptors (Lipinski definition) is 4. The summed E-state index contributed by atoms with van der Waals surface area (Å²) in [5.41, 5.74) is -0.455. The number of hydrogen-bond donors (Lipinski definition) is 2. The number of carboxylic acid groups (broad SMARTS) is 1. The van der Waals surface area contributed by atoms with Gasteiger partial charge < -0.3 is 14.8 Å². The largest absolute Gasteiger partial charge is 0.493 e. The van der Waals surface area contributed by atoms with Crippen LogP contribution in [0.3, 0.4) is 0 Å². The number of carbonyl (C=O) groups is 1. The molecule has 0 aliphatic rings. The molecule has 20 heavy (non-hydrogen) atoms. The molecule has 2 aromatic rings. The molecule has 0 amide bonds. The van der Waals surface area contributed by atoms with Gasteiger partial charge in [0.05, 0.1) is 12.2 Å². The zero-order valence-corrected chi connectivity index (χ0v) is 10.9.